The lowest BCUT2D eigenvalue weighted by Crippen LogP contribution is -2.27. The fraction of sp³-hybridized carbons (Fsp3) is 0.375. The molecule has 0 atom stereocenters. The zero-order valence-corrected chi connectivity index (χ0v) is 15.3. The van der Waals surface area contributed by atoms with E-state index in [1.54, 1.807) is 25.3 Å². The highest BCUT2D eigenvalue weighted by Crippen LogP contribution is 2.39. The number of carbonyl (C=O) groups excluding carboxylic acids is 1. The molecule has 5 nitrogen and oxygen atoms in total. The van der Waals surface area contributed by atoms with Crippen molar-refractivity contribution in [1.29, 1.82) is 0 Å². The molecule has 0 aliphatic rings. The standard InChI is InChI=1S/C16H19ClN2O3S/c1-9-18-13(11-8-10(17)6-7-12(11)21-5)14(23-9)19-15(20)22-16(2,3)4/h6-8H,1-5H3,(H,19,20). The maximum atomic E-state index is 12.0. The Balaban J connectivity index is 2.38. The van der Waals surface area contributed by atoms with Crippen LogP contribution in [0, 0.1) is 6.92 Å². The SMILES string of the molecule is COc1ccc(Cl)cc1-c1nc(C)sc1NC(=O)OC(C)(C)C. The number of halogens is 1. The number of aryl methyl sites for hydroxylation is 1. The van der Waals surface area contributed by atoms with E-state index in [9.17, 15) is 4.79 Å². The first-order chi connectivity index (χ1) is 10.7. The van der Waals surface area contributed by atoms with Crippen molar-refractivity contribution >= 4 is 34.0 Å². The summed E-state index contributed by atoms with van der Waals surface area (Å²) in [5, 5.41) is 4.73. The van der Waals surface area contributed by atoms with E-state index in [0.29, 0.717) is 21.5 Å². The molecule has 0 saturated heterocycles. The second kappa shape index (κ2) is 6.76. The zero-order valence-electron chi connectivity index (χ0n) is 13.7. The molecule has 0 saturated carbocycles. The number of methoxy groups -OCH3 is 1. The van der Waals surface area contributed by atoms with Crippen molar-refractivity contribution in [2.24, 2.45) is 0 Å². The van der Waals surface area contributed by atoms with E-state index in [0.717, 1.165) is 10.6 Å². The molecule has 2 rings (SSSR count). The summed E-state index contributed by atoms with van der Waals surface area (Å²) in [6.45, 7) is 7.30. The third kappa shape index (κ3) is 4.59. The number of carbonyl (C=O) groups is 1. The number of ether oxygens (including phenoxy) is 2. The van der Waals surface area contributed by atoms with Crippen LogP contribution in [0.3, 0.4) is 0 Å². The molecule has 0 aliphatic heterocycles. The normalized spacial score (nSPS) is 11.2. The number of benzene rings is 1. The lowest BCUT2D eigenvalue weighted by atomic mass is 10.1. The number of thiazole rings is 1. The maximum absolute atomic E-state index is 12.0. The minimum absolute atomic E-state index is 0.525. The Morgan fingerprint density at radius 1 is 1.35 bits per heavy atom. The molecular weight excluding hydrogens is 336 g/mol. The molecule has 2 aromatic rings. The molecule has 0 fully saturated rings. The molecule has 1 amide bonds. The third-order valence-corrected chi connectivity index (χ3v) is 3.89. The second-order valence-electron chi connectivity index (χ2n) is 5.88. The van der Waals surface area contributed by atoms with Gasteiger partial charge in [0.1, 0.15) is 22.0 Å². The van der Waals surface area contributed by atoms with Crippen LogP contribution in [0.4, 0.5) is 9.80 Å². The van der Waals surface area contributed by atoms with Gasteiger partial charge in [-0.25, -0.2) is 9.78 Å². The topological polar surface area (TPSA) is 60.5 Å². The lowest BCUT2D eigenvalue weighted by Gasteiger charge is -2.19. The summed E-state index contributed by atoms with van der Waals surface area (Å²) in [4.78, 5) is 16.5. The fourth-order valence-electron chi connectivity index (χ4n) is 1.96. The summed E-state index contributed by atoms with van der Waals surface area (Å²) in [5.41, 5.74) is 0.755. The fourth-order valence-corrected chi connectivity index (χ4v) is 2.95. The maximum Gasteiger partial charge on any atom is 0.412 e. The molecule has 7 heteroatoms. The largest absolute Gasteiger partial charge is 0.496 e. The molecule has 0 unspecified atom stereocenters. The first-order valence-electron chi connectivity index (χ1n) is 7.01. The van der Waals surface area contributed by atoms with Gasteiger partial charge in [-0.05, 0) is 45.9 Å². The van der Waals surface area contributed by atoms with Crippen LogP contribution in [0.25, 0.3) is 11.3 Å². The molecule has 0 bridgehead atoms. The van der Waals surface area contributed by atoms with Gasteiger partial charge in [-0.3, -0.25) is 5.32 Å². The van der Waals surface area contributed by atoms with Crippen LogP contribution in [-0.4, -0.2) is 23.8 Å². The van der Waals surface area contributed by atoms with Crippen molar-refractivity contribution in [1.82, 2.24) is 4.98 Å². The van der Waals surface area contributed by atoms with Crippen LogP contribution in [0.15, 0.2) is 18.2 Å². The molecule has 1 N–H and O–H groups in total. The summed E-state index contributed by atoms with van der Waals surface area (Å²) in [6, 6.07) is 5.27. The van der Waals surface area contributed by atoms with E-state index in [-0.39, 0.29) is 0 Å². The Morgan fingerprint density at radius 3 is 2.65 bits per heavy atom. The number of nitrogens with one attached hydrogen (secondary N) is 1. The molecule has 0 aliphatic carbocycles. The van der Waals surface area contributed by atoms with Gasteiger partial charge in [0.15, 0.2) is 0 Å². The number of aromatic nitrogens is 1. The zero-order chi connectivity index (χ0) is 17.2. The highest BCUT2D eigenvalue weighted by molar-refractivity contribution is 7.16. The predicted molar refractivity (Wildman–Crippen MR) is 93.7 cm³/mol. The van der Waals surface area contributed by atoms with Crippen LogP contribution >= 0.6 is 22.9 Å². The molecule has 1 heterocycles. The van der Waals surface area contributed by atoms with Crippen LogP contribution in [0.2, 0.25) is 5.02 Å². The first-order valence-corrected chi connectivity index (χ1v) is 8.20. The van der Waals surface area contributed by atoms with Crippen molar-refractivity contribution in [3.63, 3.8) is 0 Å². The first kappa shape index (κ1) is 17.6. The number of nitrogens with zero attached hydrogens (tertiary/aromatic N) is 1. The summed E-state index contributed by atoms with van der Waals surface area (Å²) in [7, 11) is 1.58. The van der Waals surface area contributed by atoms with E-state index in [1.807, 2.05) is 27.7 Å². The van der Waals surface area contributed by atoms with Crippen molar-refractivity contribution in [2.75, 3.05) is 12.4 Å². The number of anilines is 1. The van der Waals surface area contributed by atoms with Crippen LogP contribution in [0.5, 0.6) is 5.75 Å². The number of amides is 1. The Bertz CT molecular complexity index is 723. The Morgan fingerprint density at radius 2 is 2.04 bits per heavy atom. The van der Waals surface area contributed by atoms with E-state index in [1.165, 1.54) is 11.3 Å². The van der Waals surface area contributed by atoms with Crippen molar-refractivity contribution in [3.8, 4) is 17.0 Å². The molecule has 0 spiro atoms. The minimum Gasteiger partial charge on any atom is -0.496 e. The predicted octanol–water partition coefficient (Wildman–Crippen LogP) is 5.13. The summed E-state index contributed by atoms with van der Waals surface area (Å²) in [5.74, 6) is 0.631. The van der Waals surface area contributed by atoms with Gasteiger partial charge >= 0.3 is 6.09 Å². The number of hydrogen-bond acceptors (Lipinski definition) is 5. The van der Waals surface area contributed by atoms with E-state index < -0.39 is 11.7 Å². The molecule has 124 valence electrons. The van der Waals surface area contributed by atoms with Crippen LogP contribution in [-0.2, 0) is 4.74 Å². The molecular formula is C16H19ClN2O3S. The average molecular weight is 355 g/mol. The van der Waals surface area contributed by atoms with Gasteiger partial charge < -0.3 is 9.47 Å². The van der Waals surface area contributed by atoms with Gasteiger partial charge in [0, 0.05) is 10.6 Å². The van der Waals surface area contributed by atoms with Gasteiger partial charge in [0.2, 0.25) is 0 Å². The quantitative estimate of drug-likeness (QED) is 0.830. The lowest BCUT2D eigenvalue weighted by molar-refractivity contribution is 0.0636. The average Bonchev–Trinajstić information content (AvgIpc) is 2.77. The second-order valence-corrected chi connectivity index (χ2v) is 7.52. The molecule has 1 aromatic carbocycles. The minimum atomic E-state index is -0.572. The van der Waals surface area contributed by atoms with Gasteiger partial charge in [0.25, 0.3) is 0 Å². The highest BCUT2D eigenvalue weighted by Gasteiger charge is 2.21. The van der Waals surface area contributed by atoms with Gasteiger partial charge in [0.05, 0.1) is 12.1 Å². The summed E-state index contributed by atoms with van der Waals surface area (Å²) < 4.78 is 10.7. The van der Waals surface area contributed by atoms with Gasteiger partial charge in [-0.2, -0.15) is 0 Å². The van der Waals surface area contributed by atoms with E-state index >= 15 is 0 Å². The highest BCUT2D eigenvalue weighted by atomic mass is 35.5. The summed E-state index contributed by atoms with van der Waals surface area (Å²) in [6.07, 6.45) is -0.525. The molecule has 0 radical (unpaired) electrons. The van der Waals surface area contributed by atoms with E-state index in [2.05, 4.69) is 10.3 Å². The van der Waals surface area contributed by atoms with Crippen molar-refractivity contribution in [2.45, 2.75) is 33.3 Å². The number of hydrogen-bond donors (Lipinski definition) is 1. The van der Waals surface area contributed by atoms with Crippen LogP contribution < -0.4 is 10.1 Å². The Labute approximate surface area is 144 Å². The van der Waals surface area contributed by atoms with Crippen molar-refractivity contribution in [3.05, 3.63) is 28.2 Å². The van der Waals surface area contributed by atoms with Crippen LogP contribution in [0.1, 0.15) is 25.8 Å². The smallest absolute Gasteiger partial charge is 0.412 e. The van der Waals surface area contributed by atoms with E-state index in [4.69, 9.17) is 21.1 Å². The molecule has 23 heavy (non-hydrogen) atoms. The van der Waals surface area contributed by atoms with Gasteiger partial charge in [-0.1, -0.05) is 11.6 Å². The monoisotopic (exact) mass is 354 g/mol. The van der Waals surface area contributed by atoms with Crippen molar-refractivity contribution < 1.29 is 14.3 Å². The number of rotatable bonds is 3. The van der Waals surface area contributed by atoms with Gasteiger partial charge in [-0.15, -0.1) is 11.3 Å². The Kier molecular flexibility index (Phi) is 5.16. The molecule has 1 aromatic heterocycles. The Hall–Kier alpha value is -1.79. The summed E-state index contributed by atoms with van der Waals surface area (Å²) >= 11 is 7.45. The third-order valence-electron chi connectivity index (χ3n) is 2.77.